The van der Waals surface area contributed by atoms with Crippen molar-refractivity contribution in [3.8, 4) is 0 Å². The molecule has 2 aliphatic heterocycles. The Morgan fingerprint density at radius 2 is 1.85 bits per heavy atom. The predicted octanol–water partition coefficient (Wildman–Crippen LogP) is 0.533. The van der Waals surface area contributed by atoms with Crippen LogP contribution in [0.1, 0.15) is 12.8 Å². The van der Waals surface area contributed by atoms with Gasteiger partial charge in [0.05, 0.1) is 19.2 Å². The van der Waals surface area contributed by atoms with E-state index in [9.17, 15) is 4.79 Å². The maximum Gasteiger partial charge on any atom is 0.320 e. The van der Waals surface area contributed by atoms with Gasteiger partial charge in [0.25, 0.3) is 0 Å². The summed E-state index contributed by atoms with van der Waals surface area (Å²) in [5.74, 6) is 0. The molecule has 2 fully saturated rings. The molecule has 0 aliphatic carbocycles. The second-order valence-corrected chi connectivity index (χ2v) is 3.74. The second-order valence-electron chi connectivity index (χ2n) is 3.74. The van der Waals surface area contributed by atoms with Crippen LogP contribution in [0.4, 0.5) is 4.79 Å². The predicted molar refractivity (Wildman–Crippen MR) is 48.6 cm³/mol. The van der Waals surface area contributed by atoms with Gasteiger partial charge < -0.3 is 14.5 Å². The van der Waals surface area contributed by atoms with Gasteiger partial charge in [0.2, 0.25) is 0 Å². The maximum atomic E-state index is 11.7. The lowest BCUT2D eigenvalue weighted by Gasteiger charge is -2.40. The van der Waals surface area contributed by atoms with E-state index in [0.29, 0.717) is 0 Å². The molecule has 13 heavy (non-hydrogen) atoms. The summed E-state index contributed by atoms with van der Waals surface area (Å²) in [6.45, 7) is 3.41. The van der Waals surface area contributed by atoms with Crippen molar-refractivity contribution in [2.75, 3.05) is 33.3 Å². The molecule has 2 aliphatic rings. The lowest BCUT2D eigenvalue weighted by atomic mass is 10.2. The zero-order valence-electron chi connectivity index (χ0n) is 8.03. The Bertz CT molecular complexity index is 196. The lowest BCUT2D eigenvalue weighted by molar-refractivity contribution is -0.0142. The number of urea groups is 1. The molecule has 0 N–H and O–H groups in total. The van der Waals surface area contributed by atoms with E-state index in [4.69, 9.17) is 4.74 Å². The van der Waals surface area contributed by atoms with Crippen molar-refractivity contribution in [2.24, 2.45) is 0 Å². The van der Waals surface area contributed by atoms with Gasteiger partial charge in [0, 0.05) is 20.2 Å². The zero-order valence-corrected chi connectivity index (χ0v) is 8.03. The van der Waals surface area contributed by atoms with Gasteiger partial charge in [-0.25, -0.2) is 4.79 Å². The van der Waals surface area contributed by atoms with Crippen LogP contribution in [0, 0.1) is 0 Å². The molecule has 0 saturated carbocycles. The largest absolute Gasteiger partial charge is 0.378 e. The molecule has 2 heterocycles. The molecule has 0 aromatic carbocycles. The number of nitrogens with zero attached hydrogens (tertiary/aromatic N) is 2. The fourth-order valence-corrected chi connectivity index (χ4v) is 1.85. The highest BCUT2D eigenvalue weighted by molar-refractivity contribution is 5.75. The van der Waals surface area contributed by atoms with Crippen LogP contribution < -0.4 is 0 Å². The van der Waals surface area contributed by atoms with E-state index >= 15 is 0 Å². The average molecular weight is 184 g/mol. The van der Waals surface area contributed by atoms with Gasteiger partial charge in [-0.2, -0.15) is 0 Å². The third kappa shape index (κ3) is 1.63. The molecule has 0 bridgehead atoms. The molecule has 2 rings (SSSR count). The summed E-state index contributed by atoms with van der Waals surface area (Å²) in [6, 6.07) is 0.200. The van der Waals surface area contributed by atoms with Gasteiger partial charge in [-0.3, -0.25) is 0 Å². The molecule has 4 heteroatoms. The minimum Gasteiger partial charge on any atom is -0.378 e. The van der Waals surface area contributed by atoms with Crippen molar-refractivity contribution >= 4 is 6.03 Å². The van der Waals surface area contributed by atoms with Gasteiger partial charge >= 0.3 is 6.03 Å². The molecule has 2 saturated heterocycles. The summed E-state index contributed by atoms with van der Waals surface area (Å²) in [5, 5.41) is 0. The lowest BCUT2D eigenvalue weighted by Crippen LogP contribution is -2.57. The van der Waals surface area contributed by atoms with Crippen LogP contribution in [-0.4, -0.2) is 55.2 Å². The minimum atomic E-state index is 0.200. The van der Waals surface area contributed by atoms with Crippen LogP contribution in [0.5, 0.6) is 0 Å². The van der Waals surface area contributed by atoms with Gasteiger partial charge in [0.15, 0.2) is 0 Å². The molecule has 0 aromatic heterocycles. The van der Waals surface area contributed by atoms with Gasteiger partial charge in [0.1, 0.15) is 0 Å². The highest BCUT2D eigenvalue weighted by atomic mass is 16.5. The summed E-state index contributed by atoms with van der Waals surface area (Å²) in [7, 11) is 1.70. The fourth-order valence-electron chi connectivity index (χ4n) is 1.85. The second kappa shape index (κ2) is 3.54. The number of rotatable bonds is 1. The molecule has 74 valence electrons. The van der Waals surface area contributed by atoms with Crippen LogP contribution in [0.3, 0.4) is 0 Å². The Morgan fingerprint density at radius 3 is 2.38 bits per heavy atom. The molecule has 0 spiro atoms. The molecule has 2 amide bonds. The zero-order chi connectivity index (χ0) is 9.26. The first kappa shape index (κ1) is 8.81. The Balaban J connectivity index is 1.78. The summed E-state index contributed by atoms with van der Waals surface area (Å²) in [5.41, 5.74) is 0. The molecule has 0 atom stereocenters. The third-order valence-electron chi connectivity index (χ3n) is 2.83. The Morgan fingerprint density at radius 1 is 1.23 bits per heavy atom. The van der Waals surface area contributed by atoms with Gasteiger partial charge in [-0.15, -0.1) is 0 Å². The molecule has 0 aromatic rings. The van der Waals surface area contributed by atoms with Gasteiger partial charge in [-0.1, -0.05) is 0 Å². The van der Waals surface area contributed by atoms with E-state index in [-0.39, 0.29) is 12.1 Å². The fraction of sp³-hybridized carbons (Fsp3) is 0.889. The van der Waals surface area contributed by atoms with Crippen molar-refractivity contribution in [1.82, 2.24) is 9.80 Å². The van der Waals surface area contributed by atoms with Gasteiger partial charge in [-0.05, 0) is 12.8 Å². The van der Waals surface area contributed by atoms with Crippen LogP contribution in [-0.2, 0) is 4.74 Å². The number of hydrogen-bond acceptors (Lipinski definition) is 2. The Labute approximate surface area is 78.4 Å². The smallest absolute Gasteiger partial charge is 0.320 e. The SMILES string of the molecule is COC1CN(C(=O)N2CCCC2)C1. The van der Waals surface area contributed by atoms with E-state index in [1.54, 1.807) is 7.11 Å². The summed E-state index contributed by atoms with van der Waals surface area (Å²) in [4.78, 5) is 15.5. The molecule has 4 nitrogen and oxygen atoms in total. The number of carbonyl (C=O) groups is 1. The molecular formula is C9H16N2O2. The van der Waals surface area contributed by atoms with Crippen molar-refractivity contribution in [3.05, 3.63) is 0 Å². The summed E-state index contributed by atoms with van der Waals surface area (Å²) >= 11 is 0. The summed E-state index contributed by atoms with van der Waals surface area (Å²) in [6.07, 6.45) is 2.59. The van der Waals surface area contributed by atoms with E-state index in [0.717, 1.165) is 39.0 Å². The van der Waals surface area contributed by atoms with E-state index in [1.165, 1.54) is 0 Å². The van der Waals surface area contributed by atoms with Crippen LogP contribution in [0.2, 0.25) is 0 Å². The number of amides is 2. The quantitative estimate of drug-likeness (QED) is 0.595. The number of likely N-dealkylation sites (tertiary alicyclic amines) is 2. The number of carbonyl (C=O) groups excluding carboxylic acids is 1. The minimum absolute atomic E-state index is 0.200. The molecule has 0 radical (unpaired) electrons. The average Bonchev–Trinajstić information content (AvgIpc) is 2.53. The summed E-state index contributed by atoms with van der Waals surface area (Å²) < 4.78 is 5.12. The standard InChI is InChI=1S/C9H16N2O2/c1-13-8-6-11(7-8)9(12)10-4-2-3-5-10/h8H,2-7H2,1H3. The number of hydrogen-bond donors (Lipinski definition) is 0. The van der Waals surface area contributed by atoms with Crippen molar-refractivity contribution < 1.29 is 9.53 Å². The van der Waals surface area contributed by atoms with Crippen molar-refractivity contribution in [1.29, 1.82) is 0 Å². The van der Waals surface area contributed by atoms with E-state index in [1.807, 2.05) is 9.80 Å². The topological polar surface area (TPSA) is 32.8 Å². The third-order valence-corrected chi connectivity index (χ3v) is 2.83. The van der Waals surface area contributed by atoms with Crippen LogP contribution >= 0.6 is 0 Å². The first-order valence-electron chi connectivity index (χ1n) is 4.88. The van der Waals surface area contributed by atoms with Crippen LogP contribution in [0.15, 0.2) is 0 Å². The van der Waals surface area contributed by atoms with E-state index < -0.39 is 0 Å². The Kier molecular flexibility index (Phi) is 2.40. The molecular weight excluding hydrogens is 168 g/mol. The maximum absolute atomic E-state index is 11.7. The highest BCUT2D eigenvalue weighted by Crippen LogP contribution is 2.16. The highest BCUT2D eigenvalue weighted by Gasteiger charge is 2.33. The number of methoxy groups -OCH3 is 1. The first-order chi connectivity index (χ1) is 6.31. The number of ether oxygens (including phenoxy) is 1. The normalized spacial score (nSPS) is 23.5. The molecule has 0 unspecified atom stereocenters. The monoisotopic (exact) mass is 184 g/mol. The van der Waals surface area contributed by atoms with Crippen LogP contribution in [0.25, 0.3) is 0 Å². The van der Waals surface area contributed by atoms with E-state index in [2.05, 4.69) is 0 Å². The Hall–Kier alpha value is -0.770. The van der Waals surface area contributed by atoms with Crippen molar-refractivity contribution in [3.63, 3.8) is 0 Å². The first-order valence-corrected chi connectivity index (χ1v) is 4.88. The van der Waals surface area contributed by atoms with Crippen molar-refractivity contribution in [2.45, 2.75) is 18.9 Å².